The highest BCUT2D eigenvalue weighted by atomic mass is 16.6. The van der Waals surface area contributed by atoms with E-state index in [-0.39, 0.29) is 6.10 Å². The van der Waals surface area contributed by atoms with Crippen LogP contribution >= 0.6 is 0 Å². The van der Waals surface area contributed by atoms with Crippen molar-refractivity contribution >= 4 is 11.9 Å². The summed E-state index contributed by atoms with van der Waals surface area (Å²) in [5.41, 5.74) is 4.29. The molecule has 0 amide bonds. The number of imidazole rings is 1. The largest absolute Gasteiger partial charge is 0.495 e. The SMILES string of the molecule is COc1cc(/C=C2\CCCN3C2=NOC2CNCC23)ccc1-n1cnc(C)c1. The number of aryl methyl sites for hydroxylation is 1. The molecule has 1 N–H and O–H groups in total. The molecule has 0 saturated carbocycles. The number of aromatic nitrogens is 2. The number of oxime groups is 1. The molecule has 2 unspecified atom stereocenters. The molecule has 3 aliphatic heterocycles. The van der Waals surface area contributed by atoms with E-state index < -0.39 is 0 Å². The minimum absolute atomic E-state index is 0.168. The van der Waals surface area contributed by atoms with E-state index in [2.05, 4.69) is 44.6 Å². The van der Waals surface area contributed by atoms with E-state index in [4.69, 9.17) is 9.57 Å². The fourth-order valence-electron chi connectivity index (χ4n) is 4.34. The predicted molar refractivity (Wildman–Crippen MR) is 108 cm³/mol. The molecule has 146 valence electrons. The van der Waals surface area contributed by atoms with Crippen molar-refractivity contribution in [3.05, 3.63) is 47.6 Å². The Hall–Kier alpha value is -2.80. The highest BCUT2D eigenvalue weighted by Crippen LogP contribution is 2.31. The first-order valence-electron chi connectivity index (χ1n) is 9.84. The Morgan fingerprint density at radius 2 is 2.25 bits per heavy atom. The normalized spacial score (nSPS) is 25.1. The van der Waals surface area contributed by atoms with Crippen molar-refractivity contribution in [1.82, 2.24) is 19.8 Å². The zero-order valence-corrected chi connectivity index (χ0v) is 16.3. The van der Waals surface area contributed by atoms with E-state index >= 15 is 0 Å². The van der Waals surface area contributed by atoms with Crippen LogP contribution in [0.2, 0.25) is 0 Å². The Bertz CT molecular complexity index is 948. The number of nitrogens with zero attached hydrogens (tertiary/aromatic N) is 4. The standard InChI is InChI=1S/C21H25N5O2/c1-14-12-25(13-23-14)17-6-5-15(9-19(17)27-2)8-16-4-3-7-26-18-10-22-11-20(18)28-24-21(16)26/h5-6,8-9,12-13,18,20,22H,3-4,7,10-11H2,1-2H3/b16-8+. The third-order valence-corrected chi connectivity index (χ3v) is 5.74. The van der Waals surface area contributed by atoms with Gasteiger partial charge < -0.3 is 24.4 Å². The van der Waals surface area contributed by atoms with Gasteiger partial charge in [-0.05, 0) is 49.1 Å². The lowest BCUT2D eigenvalue weighted by atomic mass is 9.97. The third kappa shape index (κ3) is 2.96. The van der Waals surface area contributed by atoms with Crippen molar-refractivity contribution in [2.45, 2.75) is 31.9 Å². The molecule has 2 aromatic rings. The molecule has 0 radical (unpaired) electrons. The van der Waals surface area contributed by atoms with Gasteiger partial charge >= 0.3 is 0 Å². The maximum Gasteiger partial charge on any atom is 0.171 e. The van der Waals surface area contributed by atoms with Crippen molar-refractivity contribution in [2.24, 2.45) is 5.16 Å². The molecule has 0 spiro atoms. The van der Waals surface area contributed by atoms with E-state index in [0.29, 0.717) is 6.04 Å². The minimum Gasteiger partial charge on any atom is -0.495 e. The van der Waals surface area contributed by atoms with Crippen molar-refractivity contribution in [3.8, 4) is 11.4 Å². The van der Waals surface area contributed by atoms with E-state index in [9.17, 15) is 0 Å². The number of nitrogens with one attached hydrogen (secondary N) is 1. The molecule has 7 heteroatoms. The average Bonchev–Trinajstić information content (AvgIpc) is 3.37. The molecule has 28 heavy (non-hydrogen) atoms. The zero-order chi connectivity index (χ0) is 19.1. The van der Waals surface area contributed by atoms with Crippen LogP contribution in [-0.2, 0) is 4.84 Å². The van der Waals surface area contributed by atoms with Gasteiger partial charge in [0.25, 0.3) is 0 Å². The lowest BCUT2D eigenvalue weighted by molar-refractivity contribution is 0.00663. The van der Waals surface area contributed by atoms with Crippen LogP contribution in [0.1, 0.15) is 24.1 Å². The van der Waals surface area contributed by atoms with Gasteiger partial charge in [0.15, 0.2) is 11.9 Å². The molecule has 5 rings (SSSR count). The maximum atomic E-state index is 5.77. The average molecular weight is 379 g/mol. The molecule has 2 fully saturated rings. The van der Waals surface area contributed by atoms with Gasteiger partial charge in [0.1, 0.15) is 5.75 Å². The summed E-state index contributed by atoms with van der Waals surface area (Å²) in [5.74, 6) is 1.81. The van der Waals surface area contributed by atoms with E-state index in [1.807, 2.05) is 24.0 Å². The van der Waals surface area contributed by atoms with Crippen molar-refractivity contribution in [3.63, 3.8) is 0 Å². The fraction of sp³-hybridized carbons (Fsp3) is 0.429. The van der Waals surface area contributed by atoms with Crippen LogP contribution in [0.5, 0.6) is 5.75 Å². The zero-order valence-electron chi connectivity index (χ0n) is 16.3. The van der Waals surface area contributed by atoms with Gasteiger partial charge in [0.2, 0.25) is 0 Å². The molecule has 0 aliphatic carbocycles. The highest BCUT2D eigenvalue weighted by Gasteiger charge is 2.41. The Balaban J connectivity index is 1.47. The van der Waals surface area contributed by atoms with Gasteiger partial charge in [0, 0.05) is 25.8 Å². The molecular weight excluding hydrogens is 354 g/mol. The molecule has 4 heterocycles. The summed E-state index contributed by atoms with van der Waals surface area (Å²) in [6.45, 7) is 4.87. The number of piperidine rings is 1. The number of ether oxygens (including phenoxy) is 1. The Kier molecular flexibility index (Phi) is 4.31. The van der Waals surface area contributed by atoms with Gasteiger partial charge in [-0.1, -0.05) is 11.2 Å². The number of fused-ring (bicyclic) bond motifs is 3. The lowest BCUT2D eigenvalue weighted by Crippen LogP contribution is -2.53. The van der Waals surface area contributed by atoms with Crippen LogP contribution in [0.25, 0.3) is 11.8 Å². The van der Waals surface area contributed by atoms with Gasteiger partial charge in [0.05, 0.1) is 30.9 Å². The van der Waals surface area contributed by atoms with Gasteiger partial charge in [-0.3, -0.25) is 0 Å². The van der Waals surface area contributed by atoms with E-state index in [1.165, 1.54) is 5.57 Å². The maximum absolute atomic E-state index is 5.77. The van der Waals surface area contributed by atoms with Crippen molar-refractivity contribution in [1.29, 1.82) is 0 Å². The van der Waals surface area contributed by atoms with Gasteiger partial charge in [-0.15, -0.1) is 0 Å². The van der Waals surface area contributed by atoms with Crippen LogP contribution in [0, 0.1) is 6.92 Å². The first kappa shape index (κ1) is 17.3. The molecule has 1 aromatic carbocycles. The summed E-state index contributed by atoms with van der Waals surface area (Å²) >= 11 is 0. The fourth-order valence-corrected chi connectivity index (χ4v) is 4.34. The summed E-state index contributed by atoms with van der Waals surface area (Å²) < 4.78 is 7.64. The number of benzene rings is 1. The molecule has 7 nitrogen and oxygen atoms in total. The third-order valence-electron chi connectivity index (χ3n) is 5.74. The Morgan fingerprint density at radius 3 is 3.07 bits per heavy atom. The molecular formula is C21H25N5O2. The van der Waals surface area contributed by atoms with Crippen LogP contribution in [0.3, 0.4) is 0 Å². The molecule has 2 atom stereocenters. The van der Waals surface area contributed by atoms with E-state index in [0.717, 1.165) is 61.0 Å². The van der Waals surface area contributed by atoms with Crippen molar-refractivity contribution < 1.29 is 9.57 Å². The Morgan fingerprint density at radius 1 is 1.32 bits per heavy atom. The van der Waals surface area contributed by atoms with Gasteiger partial charge in [-0.2, -0.15) is 0 Å². The molecule has 2 saturated heterocycles. The van der Waals surface area contributed by atoms with Crippen LogP contribution in [-0.4, -0.2) is 59.2 Å². The molecule has 1 aromatic heterocycles. The number of hydrogen-bond acceptors (Lipinski definition) is 6. The second kappa shape index (κ2) is 6.98. The van der Waals surface area contributed by atoms with Crippen LogP contribution in [0.15, 0.2) is 41.5 Å². The molecule has 0 bridgehead atoms. The van der Waals surface area contributed by atoms with Crippen LogP contribution in [0.4, 0.5) is 0 Å². The summed E-state index contributed by atoms with van der Waals surface area (Å²) in [6.07, 6.45) is 8.33. The number of hydrogen-bond donors (Lipinski definition) is 1. The minimum atomic E-state index is 0.168. The number of methoxy groups -OCH3 is 1. The summed E-state index contributed by atoms with van der Waals surface area (Å²) in [7, 11) is 1.70. The smallest absolute Gasteiger partial charge is 0.171 e. The second-order valence-electron chi connectivity index (χ2n) is 7.60. The second-order valence-corrected chi connectivity index (χ2v) is 7.60. The van der Waals surface area contributed by atoms with E-state index in [1.54, 1.807) is 7.11 Å². The lowest BCUT2D eigenvalue weighted by Gasteiger charge is -2.40. The number of amidine groups is 1. The predicted octanol–water partition coefficient (Wildman–Crippen LogP) is 2.35. The highest BCUT2D eigenvalue weighted by molar-refractivity contribution is 6.03. The summed E-state index contributed by atoms with van der Waals surface area (Å²) in [6, 6.07) is 6.64. The summed E-state index contributed by atoms with van der Waals surface area (Å²) in [4.78, 5) is 12.5. The number of rotatable bonds is 3. The summed E-state index contributed by atoms with van der Waals surface area (Å²) in [5, 5.41) is 7.89. The van der Waals surface area contributed by atoms with Gasteiger partial charge in [-0.25, -0.2) is 4.98 Å². The first-order valence-corrected chi connectivity index (χ1v) is 9.84. The monoisotopic (exact) mass is 379 g/mol. The topological polar surface area (TPSA) is 63.9 Å². The molecule has 3 aliphatic rings. The Labute approximate surface area is 164 Å². The quantitative estimate of drug-likeness (QED) is 0.887. The van der Waals surface area contributed by atoms with Crippen molar-refractivity contribution in [2.75, 3.05) is 26.7 Å². The van der Waals surface area contributed by atoms with Crippen LogP contribution < -0.4 is 10.1 Å². The first-order chi connectivity index (χ1) is 13.7.